The van der Waals surface area contributed by atoms with Gasteiger partial charge in [0.05, 0.1) is 7.11 Å². The van der Waals surface area contributed by atoms with E-state index in [1.54, 1.807) is 0 Å². The molecule has 0 fully saturated rings. The zero-order chi connectivity index (χ0) is 18.0. The van der Waals surface area contributed by atoms with Crippen LogP contribution < -0.4 is 0 Å². The van der Waals surface area contributed by atoms with Gasteiger partial charge < -0.3 is 9.84 Å². The lowest BCUT2D eigenvalue weighted by Gasteiger charge is -2.23. The molecular weight excluding hydrogens is 322 g/mol. The smallest absolute Gasteiger partial charge is 0.434 e. The number of fused-ring (bicyclic) bond motifs is 3. The lowest BCUT2D eigenvalue weighted by molar-refractivity contribution is -0.168. The van der Waals surface area contributed by atoms with Crippen molar-refractivity contribution in [3.63, 3.8) is 0 Å². The third-order valence-corrected chi connectivity index (χ3v) is 4.42. The minimum Gasteiger partial charge on any atom is -0.480 e. The van der Waals surface area contributed by atoms with Crippen LogP contribution in [0.4, 0.5) is 4.79 Å². The SMILES string of the molecule is CON(C(=O)OCC1c2ccccc2-c2ccccc21)[C@@H](C)C(=O)O. The van der Waals surface area contributed by atoms with Gasteiger partial charge in [0.25, 0.3) is 0 Å². The van der Waals surface area contributed by atoms with Crippen LogP contribution in [0, 0.1) is 0 Å². The fourth-order valence-electron chi connectivity index (χ4n) is 3.15. The van der Waals surface area contributed by atoms with Crippen molar-refractivity contribution in [3.05, 3.63) is 59.7 Å². The molecule has 0 heterocycles. The number of amides is 1. The molecule has 0 aliphatic heterocycles. The Morgan fingerprint density at radius 1 is 1.08 bits per heavy atom. The third kappa shape index (κ3) is 3.08. The summed E-state index contributed by atoms with van der Waals surface area (Å²) in [5, 5.41) is 9.76. The molecule has 1 aliphatic carbocycles. The molecule has 130 valence electrons. The first-order chi connectivity index (χ1) is 12.0. The van der Waals surface area contributed by atoms with Gasteiger partial charge in [-0.1, -0.05) is 48.5 Å². The van der Waals surface area contributed by atoms with Crippen molar-refractivity contribution < 1.29 is 24.3 Å². The Hall–Kier alpha value is -2.86. The zero-order valence-electron chi connectivity index (χ0n) is 14.0. The van der Waals surface area contributed by atoms with Crippen LogP contribution in [-0.2, 0) is 14.4 Å². The van der Waals surface area contributed by atoms with Crippen LogP contribution in [0.3, 0.4) is 0 Å². The van der Waals surface area contributed by atoms with E-state index in [0.717, 1.165) is 27.3 Å². The summed E-state index contributed by atoms with van der Waals surface area (Å²) in [6.07, 6.45) is -0.820. The van der Waals surface area contributed by atoms with Gasteiger partial charge >= 0.3 is 12.1 Å². The van der Waals surface area contributed by atoms with Crippen LogP contribution in [0.15, 0.2) is 48.5 Å². The Labute approximate surface area is 145 Å². The summed E-state index contributed by atoms with van der Waals surface area (Å²) in [6.45, 7) is 1.46. The van der Waals surface area contributed by atoms with Gasteiger partial charge in [0, 0.05) is 5.92 Å². The predicted octanol–water partition coefficient (Wildman–Crippen LogP) is 3.27. The summed E-state index contributed by atoms with van der Waals surface area (Å²) in [7, 11) is 1.24. The maximum atomic E-state index is 12.2. The van der Waals surface area contributed by atoms with Crippen molar-refractivity contribution in [1.82, 2.24) is 5.06 Å². The standard InChI is InChI=1S/C19H19NO5/c1-12(18(21)22)20(24-2)19(23)25-11-17-15-9-5-3-7-13(15)14-8-4-6-10-16(14)17/h3-10,12,17H,11H2,1-2H3,(H,21,22)/t12-/m0/s1. The first kappa shape index (κ1) is 17.0. The molecule has 1 amide bonds. The molecule has 3 rings (SSSR count). The summed E-state index contributed by atoms with van der Waals surface area (Å²) in [4.78, 5) is 28.1. The predicted molar refractivity (Wildman–Crippen MR) is 91.0 cm³/mol. The number of benzene rings is 2. The van der Waals surface area contributed by atoms with E-state index in [9.17, 15) is 9.59 Å². The summed E-state index contributed by atoms with van der Waals surface area (Å²) in [5.41, 5.74) is 4.43. The number of hydroxylamine groups is 2. The zero-order valence-corrected chi connectivity index (χ0v) is 14.0. The number of aliphatic carboxylic acids is 1. The Bertz CT molecular complexity index is 758. The number of hydrogen-bond acceptors (Lipinski definition) is 4. The van der Waals surface area contributed by atoms with Crippen molar-refractivity contribution in [2.45, 2.75) is 18.9 Å². The maximum absolute atomic E-state index is 12.2. The van der Waals surface area contributed by atoms with Crippen LogP contribution in [0.2, 0.25) is 0 Å². The fraction of sp³-hybridized carbons (Fsp3) is 0.263. The van der Waals surface area contributed by atoms with Crippen molar-refractivity contribution in [2.24, 2.45) is 0 Å². The minimum absolute atomic E-state index is 0.0878. The number of carbonyl (C=O) groups is 2. The highest BCUT2D eigenvalue weighted by Crippen LogP contribution is 2.44. The van der Waals surface area contributed by atoms with Crippen molar-refractivity contribution >= 4 is 12.1 Å². The number of carboxylic acids is 1. The van der Waals surface area contributed by atoms with Crippen LogP contribution in [0.5, 0.6) is 0 Å². The van der Waals surface area contributed by atoms with Crippen LogP contribution in [0.1, 0.15) is 24.0 Å². The number of nitrogens with zero attached hydrogens (tertiary/aromatic N) is 1. The molecule has 0 saturated carbocycles. The Morgan fingerprint density at radius 3 is 2.08 bits per heavy atom. The average Bonchev–Trinajstić information content (AvgIpc) is 2.94. The van der Waals surface area contributed by atoms with E-state index in [1.165, 1.54) is 14.0 Å². The highest BCUT2D eigenvalue weighted by molar-refractivity contribution is 5.80. The van der Waals surface area contributed by atoms with Crippen LogP contribution in [-0.4, -0.2) is 42.0 Å². The third-order valence-electron chi connectivity index (χ3n) is 4.42. The Kier molecular flexibility index (Phi) is 4.72. The first-order valence-corrected chi connectivity index (χ1v) is 7.95. The molecule has 6 nitrogen and oxygen atoms in total. The molecule has 2 aromatic carbocycles. The summed E-state index contributed by atoms with van der Waals surface area (Å²) in [6, 6.07) is 14.8. The van der Waals surface area contributed by atoms with E-state index in [1.807, 2.05) is 48.5 Å². The second-order valence-electron chi connectivity index (χ2n) is 5.83. The van der Waals surface area contributed by atoms with Gasteiger partial charge in [-0.3, -0.25) is 4.84 Å². The van der Waals surface area contributed by atoms with E-state index in [4.69, 9.17) is 14.7 Å². The summed E-state index contributed by atoms with van der Waals surface area (Å²) in [5.74, 6) is -1.26. The van der Waals surface area contributed by atoms with Crippen molar-refractivity contribution in [2.75, 3.05) is 13.7 Å². The number of rotatable bonds is 5. The number of hydrogen-bond donors (Lipinski definition) is 1. The second-order valence-corrected chi connectivity index (χ2v) is 5.83. The number of ether oxygens (including phenoxy) is 1. The van der Waals surface area contributed by atoms with Gasteiger partial charge in [0.15, 0.2) is 6.04 Å². The van der Waals surface area contributed by atoms with Gasteiger partial charge in [0.2, 0.25) is 0 Å². The molecule has 0 spiro atoms. The lowest BCUT2D eigenvalue weighted by atomic mass is 9.98. The molecule has 0 aromatic heterocycles. The molecule has 0 unspecified atom stereocenters. The van der Waals surface area contributed by atoms with E-state index >= 15 is 0 Å². The fourth-order valence-corrected chi connectivity index (χ4v) is 3.15. The largest absolute Gasteiger partial charge is 0.480 e. The minimum atomic E-state index is -1.17. The van der Waals surface area contributed by atoms with E-state index in [2.05, 4.69) is 0 Å². The quantitative estimate of drug-likeness (QED) is 0.845. The van der Waals surface area contributed by atoms with Crippen LogP contribution in [0.25, 0.3) is 11.1 Å². The second kappa shape index (κ2) is 6.94. The summed E-state index contributed by atoms with van der Waals surface area (Å²) < 4.78 is 5.36. The Morgan fingerprint density at radius 2 is 1.60 bits per heavy atom. The van der Waals surface area contributed by atoms with E-state index in [0.29, 0.717) is 0 Å². The van der Waals surface area contributed by atoms with Gasteiger partial charge in [-0.2, -0.15) is 5.06 Å². The van der Waals surface area contributed by atoms with Gasteiger partial charge in [-0.05, 0) is 29.2 Å². The molecular formula is C19H19NO5. The molecule has 2 aromatic rings. The molecule has 1 aliphatic rings. The molecule has 0 bridgehead atoms. The normalized spacial score (nSPS) is 13.7. The topological polar surface area (TPSA) is 76.1 Å². The average molecular weight is 341 g/mol. The molecule has 0 saturated heterocycles. The first-order valence-electron chi connectivity index (χ1n) is 7.95. The monoisotopic (exact) mass is 341 g/mol. The summed E-state index contributed by atoms with van der Waals surface area (Å²) >= 11 is 0. The lowest BCUT2D eigenvalue weighted by Crippen LogP contribution is -2.43. The van der Waals surface area contributed by atoms with Gasteiger partial charge in [-0.25, -0.2) is 9.59 Å². The number of carbonyl (C=O) groups excluding carboxylic acids is 1. The highest BCUT2D eigenvalue weighted by Gasteiger charge is 2.32. The number of carboxylic acid groups (broad SMARTS) is 1. The van der Waals surface area contributed by atoms with Crippen LogP contribution >= 0.6 is 0 Å². The van der Waals surface area contributed by atoms with E-state index < -0.39 is 18.1 Å². The van der Waals surface area contributed by atoms with Crippen molar-refractivity contribution in [1.29, 1.82) is 0 Å². The van der Waals surface area contributed by atoms with E-state index in [-0.39, 0.29) is 12.5 Å². The molecule has 0 radical (unpaired) electrons. The Balaban J connectivity index is 1.79. The van der Waals surface area contributed by atoms with Gasteiger partial charge in [-0.15, -0.1) is 0 Å². The van der Waals surface area contributed by atoms with Crippen molar-refractivity contribution in [3.8, 4) is 11.1 Å². The maximum Gasteiger partial charge on any atom is 0.434 e. The molecule has 25 heavy (non-hydrogen) atoms. The highest BCUT2D eigenvalue weighted by atomic mass is 16.7. The molecule has 1 atom stereocenters. The van der Waals surface area contributed by atoms with Gasteiger partial charge in [0.1, 0.15) is 6.61 Å². The molecule has 1 N–H and O–H groups in total. The molecule has 6 heteroatoms.